The van der Waals surface area contributed by atoms with Crippen molar-refractivity contribution in [2.24, 2.45) is 10.1 Å². The first-order valence-corrected chi connectivity index (χ1v) is 10.5. The zero-order chi connectivity index (χ0) is 21.9. The molecule has 1 N–H and O–H groups in total. The quantitative estimate of drug-likeness (QED) is 0.292. The SMILES string of the molecule is C/N=C(\C(=N/NC)c1ccccc1)c1cccc(/C=C/CCCCc2nnc(C)o2)c1. The van der Waals surface area contributed by atoms with Gasteiger partial charge in [-0.3, -0.25) is 4.99 Å². The number of hydrogen-bond acceptors (Lipinski definition) is 6. The molecule has 1 aromatic heterocycles. The Morgan fingerprint density at radius 1 is 1.00 bits per heavy atom. The van der Waals surface area contributed by atoms with Crippen molar-refractivity contribution in [1.29, 1.82) is 0 Å². The molecule has 0 bridgehead atoms. The van der Waals surface area contributed by atoms with Gasteiger partial charge in [0.1, 0.15) is 5.71 Å². The van der Waals surface area contributed by atoms with Gasteiger partial charge in [-0.2, -0.15) is 5.10 Å². The van der Waals surface area contributed by atoms with Gasteiger partial charge in [0.25, 0.3) is 0 Å². The van der Waals surface area contributed by atoms with Gasteiger partial charge in [-0.25, -0.2) is 0 Å². The Bertz CT molecular complexity index is 1050. The predicted molar refractivity (Wildman–Crippen MR) is 127 cm³/mol. The molecule has 0 saturated heterocycles. The van der Waals surface area contributed by atoms with Crippen LogP contribution >= 0.6 is 0 Å². The molecule has 0 atom stereocenters. The Hall–Kier alpha value is -3.54. The zero-order valence-corrected chi connectivity index (χ0v) is 18.4. The van der Waals surface area contributed by atoms with Crippen LogP contribution in [0.3, 0.4) is 0 Å². The fourth-order valence-corrected chi connectivity index (χ4v) is 3.32. The highest BCUT2D eigenvalue weighted by molar-refractivity contribution is 6.53. The largest absolute Gasteiger partial charge is 0.426 e. The van der Waals surface area contributed by atoms with Gasteiger partial charge < -0.3 is 9.84 Å². The van der Waals surface area contributed by atoms with E-state index < -0.39 is 0 Å². The van der Waals surface area contributed by atoms with Crippen LogP contribution in [0, 0.1) is 6.92 Å². The third kappa shape index (κ3) is 6.47. The first-order chi connectivity index (χ1) is 15.2. The maximum Gasteiger partial charge on any atom is 0.216 e. The normalized spacial score (nSPS) is 12.5. The first-order valence-electron chi connectivity index (χ1n) is 10.5. The summed E-state index contributed by atoms with van der Waals surface area (Å²) in [7, 11) is 3.60. The molecule has 2 aromatic carbocycles. The predicted octanol–water partition coefficient (Wildman–Crippen LogP) is 4.85. The van der Waals surface area contributed by atoms with E-state index in [2.05, 4.69) is 62.1 Å². The second kappa shape index (κ2) is 11.6. The highest BCUT2D eigenvalue weighted by Crippen LogP contribution is 2.14. The van der Waals surface area contributed by atoms with E-state index >= 15 is 0 Å². The molecule has 31 heavy (non-hydrogen) atoms. The third-order valence-electron chi connectivity index (χ3n) is 4.77. The van der Waals surface area contributed by atoms with Crippen molar-refractivity contribution in [3.63, 3.8) is 0 Å². The summed E-state index contributed by atoms with van der Waals surface area (Å²) in [6.45, 7) is 1.81. The van der Waals surface area contributed by atoms with Gasteiger partial charge in [0.05, 0.1) is 5.71 Å². The van der Waals surface area contributed by atoms with E-state index in [1.807, 2.05) is 37.3 Å². The van der Waals surface area contributed by atoms with Crippen LogP contribution in [0.1, 0.15) is 47.7 Å². The van der Waals surface area contributed by atoms with Crippen molar-refractivity contribution in [3.05, 3.63) is 89.1 Å². The highest BCUT2D eigenvalue weighted by Gasteiger charge is 2.14. The van der Waals surface area contributed by atoms with Gasteiger partial charge >= 0.3 is 0 Å². The number of aromatic nitrogens is 2. The molecule has 0 aliphatic carbocycles. The summed E-state index contributed by atoms with van der Waals surface area (Å²) in [5.41, 5.74) is 7.79. The van der Waals surface area contributed by atoms with E-state index in [0.717, 1.165) is 59.7 Å². The number of hydrazone groups is 1. The van der Waals surface area contributed by atoms with Crippen LogP contribution in [0.2, 0.25) is 0 Å². The molecule has 0 aliphatic heterocycles. The van der Waals surface area contributed by atoms with Crippen LogP contribution in [-0.2, 0) is 6.42 Å². The summed E-state index contributed by atoms with van der Waals surface area (Å²) in [5, 5.41) is 12.4. The van der Waals surface area contributed by atoms with Gasteiger partial charge in [-0.05, 0) is 30.9 Å². The number of aliphatic imine (C=N–C) groups is 1. The lowest BCUT2D eigenvalue weighted by atomic mass is 9.98. The lowest BCUT2D eigenvalue weighted by Crippen LogP contribution is -2.20. The van der Waals surface area contributed by atoms with Gasteiger partial charge in [0, 0.05) is 38.6 Å². The van der Waals surface area contributed by atoms with Gasteiger partial charge in [-0.15, -0.1) is 10.2 Å². The minimum Gasteiger partial charge on any atom is -0.426 e. The monoisotopic (exact) mass is 415 g/mol. The molecule has 3 rings (SSSR count). The minimum absolute atomic E-state index is 0.625. The van der Waals surface area contributed by atoms with E-state index in [-0.39, 0.29) is 0 Å². The molecule has 0 fully saturated rings. The smallest absolute Gasteiger partial charge is 0.216 e. The van der Waals surface area contributed by atoms with Gasteiger partial charge in [0.15, 0.2) is 0 Å². The molecule has 160 valence electrons. The maximum atomic E-state index is 5.41. The van der Waals surface area contributed by atoms with Crippen molar-refractivity contribution in [1.82, 2.24) is 15.6 Å². The average molecular weight is 416 g/mol. The average Bonchev–Trinajstić information content (AvgIpc) is 3.22. The molecule has 3 aromatic rings. The summed E-state index contributed by atoms with van der Waals surface area (Å²) >= 11 is 0. The van der Waals surface area contributed by atoms with E-state index in [1.54, 1.807) is 14.1 Å². The lowest BCUT2D eigenvalue weighted by Gasteiger charge is -2.11. The molecular formula is C25H29N5O. The Labute approximate surface area is 183 Å². The fourth-order valence-electron chi connectivity index (χ4n) is 3.32. The minimum atomic E-state index is 0.625. The fraction of sp³-hybridized carbons (Fsp3) is 0.280. The summed E-state index contributed by atoms with van der Waals surface area (Å²) in [6.07, 6.45) is 8.30. The summed E-state index contributed by atoms with van der Waals surface area (Å²) in [4.78, 5) is 4.55. The van der Waals surface area contributed by atoms with Crippen molar-refractivity contribution in [3.8, 4) is 0 Å². The molecular weight excluding hydrogens is 386 g/mol. The van der Waals surface area contributed by atoms with Crippen LogP contribution < -0.4 is 5.43 Å². The molecule has 0 unspecified atom stereocenters. The molecule has 6 heteroatoms. The number of unbranched alkanes of at least 4 members (excludes halogenated alkanes) is 2. The van der Waals surface area contributed by atoms with Gasteiger partial charge in [0.2, 0.25) is 11.8 Å². The second-order valence-corrected chi connectivity index (χ2v) is 7.11. The molecule has 0 spiro atoms. The highest BCUT2D eigenvalue weighted by atomic mass is 16.4. The van der Waals surface area contributed by atoms with Crippen LogP contribution in [0.4, 0.5) is 0 Å². The molecule has 1 heterocycles. The van der Waals surface area contributed by atoms with E-state index in [4.69, 9.17) is 4.42 Å². The standard InChI is InChI=1S/C25H29N5O/c1-19-28-29-23(31-19)17-10-5-4-7-12-20-13-11-16-22(18-20)24(26-2)25(30-27-3)21-14-8-6-9-15-21/h6-9,11-16,18,27H,4-5,10,17H2,1-3H3/b12-7+,26-24-,30-25-. The first kappa shape index (κ1) is 22.2. The summed E-state index contributed by atoms with van der Waals surface area (Å²) < 4.78 is 5.41. The van der Waals surface area contributed by atoms with Crippen LogP contribution in [0.25, 0.3) is 6.08 Å². The summed E-state index contributed by atoms with van der Waals surface area (Å²) in [5.74, 6) is 1.35. The number of rotatable bonds is 10. The van der Waals surface area contributed by atoms with E-state index in [0.29, 0.717) is 5.89 Å². The van der Waals surface area contributed by atoms with Crippen molar-refractivity contribution in [2.75, 3.05) is 14.1 Å². The Morgan fingerprint density at radius 2 is 1.81 bits per heavy atom. The number of benzene rings is 2. The number of hydrogen-bond donors (Lipinski definition) is 1. The van der Waals surface area contributed by atoms with Crippen molar-refractivity contribution < 1.29 is 4.42 Å². The van der Waals surface area contributed by atoms with Crippen LogP contribution in [0.15, 0.2) is 75.2 Å². The number of allylic oxidation sites excluding steroid dienone is 1. The lowest BCUT2D eigenvalue weighted by molar-refractivity contribution is 0.459. The Morgan fingerprint density at radius 3 is 2.52 bits per heavy atom. The van der Waals surface area contributed by atoms with E-state index in [9.17, 15) is 0 Å². The Balaban J connectivity index is 1.64. The molecule has 0 saturated carbocycles. The third-order valence-corrected chi connectivity index (χ3v) is 4.77. The molecule has 6 nitrogen and oxygen atoms in total. The molecule has 0 radical (unpaired) electrons. The number of nitrogens with zero attached hydrogens (tertiary/aromatic N) is 4. The molecule has 0 aliphatic rings. The molecule has 0 amide bonds. The summed E-state index contributed by atoms with van der Waals surface area (Å²) in [6, 6.07) is 18.5. The maximum absolute atomic E-state index is 5.41. The second-order valence-electron chi connectivity index (χ2n) is 7.11. The van der Waals surface area contributed by atoms with Crippen molar-refractivity contribution in [2.45, 2.75) is 32.6 Å². The number of nitrogens with one attached hydrogen (secondary N) is 1. The van der Waals surface area contributed by atoms with Crippen LogP contribution in [0.5, 0.6) is 0 Å². The van der Waals surface area contributed by atoms with Crippen molar-refractivity contribution >= 4 is 17.5 Å². The zero-order valence-electron chi connectivity index (χ0n) is 18.4. The number of aryl methyl sites for hydroxylation is 2. The van der Waals surface area contributed by atoms with Gasteiger partial charge in [-0.1, -0.05) is 60.7 Å². The van der Waals surface area contributed by atoms with Crippen LogP contribution in [-0.4, -0.2) is 35.7 Å². The van der Waals surface area contributed by atoms with E-state index in [1.165, 1.54) is 0 Å². The Kier molecular flexibility index (Phi) is 8.29. The topological polar surface area (TPSA) is 75.7 Å².